The smallest absolute Gasteiger partial charge is 0.354 e. The lowest BCUT2D eigenvalue weighted by Crippen LogP contribution is -2.09. The highest BCUT2D eigenvalue weighted by molar-refractivity contribution is 7.13. The second-order valence-electron chi connectivity index (χ2n) is 4.58. The Bertz CT molecular complexity index is 806. The molecule has 0 aliphatic heterocycles. The molecule has 3 rings (SSSR count). The number of phenolic OH excluding ortho intramolecular Hbond substituents is 1. The molecular weight excluding hydrogens is 288 g/mol. The van der Waals surface area contributed by atoms with Crippen molar-refractivity contribution >= 4 is 17.3 Å². The lowest BCUT2D eigenvalue weighted by Gasteiger charge is -2.08. The number of aryl methyl sites for hydroxylation is 1. The van der Waals surface area contributed by atoms with E-state index >= 15 is 0 Å². The largest absolute Gasteiger partial charge is 0.508 e. The summed E-state index contributed by atoms with van der Waals surface area (Å²) in [6.07, 6.45) is 0. The summed E-state index contributed by atoms with van der Waals surface area (Å²) in [5.41, 5.74) is 2.09. The van der Waals surface area contributed by atoms with Crippen molar-refractivity contribution in [3.63, 3.8) is 0 Å². The SMILES string of the molecule is Cc1cc(O)ccc1-n1nc(-c2cccs2)cc1C(=O)O. The molecule has 2 heterocycles. The zero-order chi connectivity index (χ0) is 15.0. The van der Waals surface area contributed by atoms with E-state index in [1.165, 1.54) is 22.1 Å². The van der Waals surface area contributed by atoms with Crippen molar-refractivity contribution in [3.05, 3.63) is 53.0 Å². The van der Waals surface area contributed by atoms with E-state index in [-0.39, 0.29) is 11.4 Å². The second-order valence-corrected chi connectivity index (χ2v) is 5.53. The zero-order valence-electron chi connectivity index (χ0n) is 11.1. The molecule has 0 unspecified atom stereocenters. The van der Waals surface area contributed by atoms with Crippen LogP contribution in [0, 0.1) is 6.92 Å². The molecule has 0 spiro atoms. The normalized spacial score (nSPS) is 10.7. The van der Waals surface area contributed by atoms with E-state index in [1.807, 2.05) is 17.5 Å². The Balaban J connectivity index is 2.19. The summed E-state index contributed by atoms with van der Waals surface area (Å²) in [7, 11) is 0. The predicted molar refractivity (Wildman–Crippen MR) is 80.2 cm³/mol. The van der Waals surface area contributed by atoms with Gasteiger partial charge >= 0.3 is 5.97 Å². The number of carboxylic acid groups (broad SMARTS) is 1. The Morgan fingerprint density at radius 2 is 2.10 bits per heavy atom. The van der Waals surface area contributed by atoms with Crippen LogP contribution in [0.4, 0.5) is 0 Å². The number of aromatic nitrogens is 2. The van der Waals surface area contributed by atoms with Crippen molar-refractivity contribution in [1.82, 2.24) is 9.78 Å². The van der Waals surface area contributed by atoms with Crippen LogP contribution in [-0.4, -0.2) is 26.0 Å². The highest BCUT2D eigenvalue weighted by Gasteiger charge is 2.18. The molecule has 2 N–H and O–H groups in total. The molecular formula is C15H12N2O3S. The summed E-state index contributed by atoms with van der Waals surface area (Å²) >= 11 is 1.50. The predicted octanol–water partition coefficient (Wildman–Crippen LogP) is 3.31. The fourth-order valence-electron chi connectivity index (χ4n) is 2.14. The minimum absolute atomic E-state index is 0.0900. The third-order valence-electron chi connectivity index (χ3n) is 3.11. The van der Waals surface area contributed by atoms with E-state index in [2.05, 4.69) is 5.10 Å². The number of hydrogen-bond acceptors (Lipinski definition) is 4. The number of aromatic carboxylic acids is 1. The number of phenols is 1. The molecule has 1 aromatic carbocycles. The Morgan fingerprint density at radius 3 is 2.71 bits per heavy atom. The molecule has 0 amide bonds. The van der Waals surface area contributed by atoms with Gasteiger partial charge in [0, 0.05) is 6.07 Å². The molecule has 0 bridgehead atoms. The van der Waals surface area contributed by atoms with Crippen molar-refractivity contribution in [2.24, 2.45) is 0 Å². The number of nitrogens with zero attached hydrogens (tertiary/aromatic N) is 2. The maximum atomic E-state index is 11.4. The number of rotatable bonds is 3. The van der Waals surface area contributed by atoms with Gasteiger partial charge < -0.3 is 10.2 Å². The van der Waals surface area contributed by atoms with E-state index in [0.29, 0.717) is 11.4 Å². The number of carbonyl (C=O) groups is 1. The standard InChI is InChI=1S/C15H12N2O3S/c1-9-7-10(18)4-5-12(9)17-13(15(19)20)8-11(16-17)14-3-2-6-21-14/h2-8,18H,1H3,(H,19,20). The average molecular weight is 300 g/mol. The molecule has 0 fully saturated rings. The fraction of sp³-hybridized carbons (Fsp3) is 0.0667. The summed E-state index contributed by atoms with van der Waals surface area (Å²) in [6, 6.07) is 10.1. The van der Waals surface area contributed by atoms with Gasteiger partial charge in [-0.15, -0.1) is 11.3 Å². The first-order valence-corrected chi connectivity index (χ1v) is 7.11. The van der Waals surface area contributed by atoms with Crippen LogP contribution in [0.1, 0.15) is 16.1 Å². The number of benzene rings is 1. The van der Waals surface area contributed by atoms with Gasteiger partial charge in [0.25, 0.3) is 0 Å². The summed E-state index contributed by atoms with van der Waals surface area (Å²) < 4.78 is 1.40. The van der Waals surface area contributed by atoms with Crippen LogP contribution < -0.4 is 0 Å². The molecule has 21 heavy (non-hydrogen) atoms. The number of thiophene rings is 1. The van der Waals surface area contributed by atoms with E-state index in [0.717, 1.165) is 10.4 Å². The van der Waals surface area contributed by atoms with E-state index in [1.54, 1.807) is 25.1 Å². The van der Waals surface area contributed by atoms with Gasteiger partial charge in [0.1, 0.15) is 11.4 Å². The summed E-state index contributed by atoms with van der Waals surface area (Å²) in [4.78, 5) is 12.4. The minimum atomic E-state index is -1.04. The quantitative estimate of drug-likeness (QED) is 0.778. The summed E-state index contributed by atoms with van der Waals surface area (Å²) in [5.74, 6) is -0.906. The molecule has 0 saturated heterocycles. The maximum absolute atomic E-state index is 11.4. The summed E-state index contributed by atoms with van der Waals surface area (Å²) in [6.45, 7) is 1.80. The molecule has 0 aliphatic rings. The topological polar surface area (TPSA) is 75.3 Å². The lowest BCUT2D eigenvalue weighted by molar-refractivity contribution is 0.0687. The van der Waals surface area contributed by atoms with Crippen LogP contribution >= 0.6 is 11.3 Å². The van der Waals surface area contributed by atoms with Crippen LogP contribution in [0.2, 0.25) is 0 Å². The molecule has 3 aromatic rings. The van der Waals surface area contributed by atoms with Crippen molar-refractivity contribution in [1.29, 1.82) is 0 Å². The Labute approximate surface area is 124 Å². The monoisotopic (exact) mass is 300 g/mol. The molecule has 2 aromatic heterocycles. The van der Waals surface area contributed by atoms with Crippen LogP contribution in [0.3, 0.4) is 0 Å². The minimum Gasteiger partial charge on any atom is -0.508 e. The van der Waals surface area contributed by atoms with Gasteiger partial charge in [-0.3, -0.25) is 0 Å². The fourth-order valence-corrected chi connectivity index (χ4v) is 2.82. The molecule has 0 radical (unpaired) electrons. The van der Waals surface area contributed by atoms with Crippen molar-refractivity contribution in [3.8, 4) is 22.0 Å². The molecule has 106 valence electrons. The second kappa shape index (κ2) is 5.06. The first-order chi connectivity index (χ1) is 10.1. The van der Waals surface area contributed by atoms with Gasteiger partial charge in [0.05, 0.1) is 10.6 Å². The Morgan fingerprint density at radius 1 is 1.29 bits per heavy atom. The van der Waals surface area contributed by atoms with Crippen molar-refractivity contribution < 1.29 is 15.0 Å². The van der Waals surface area contributed by atoms with Crippen LogP contribution in [0.15, 0.2) is 41.8 Å². The first kappa shape index (κ1) is 13.4. The summed E-state index contributed by atoms with van der Waals surface area (Å²) in [5, 5.41) is 25.2. The van der Waals surface area contributed by atoms with E-state index in [4.69, 9.17) is 0 Å². The third-order valence-corrected chi connectivity index (χ3v) is 4.00. The molecule has 5 nitrogen and oxygen atoms in total. The van der Waals surface area contributed by atoms with Gasteiger partial charge in [-0.25, -0.2) is 9.48 Å². The highest BCUT2D eigenvalue weighted by Crippen LogP contribution is 2.27. The first-order valence-electron chi connectivity index (χ1n) is 6.23. The number of carboxylic acids is 1. The van der Waals surface area contributed by atoms with Gasteiger partial charge in [-0.05, 0) is 42.1 Å². The van der Waals surface area contributed by atoms with Crippen molar-refractivity contribution in [2.75, 3.05) is 0 Å². The van der Waals surface area contributed by atoms with Crippen molar-refractivity contribution in [2.45, 2.75) is 6.92 Å². The maximum Gasteiger partial charge on any atom is 0.354 e. The van der Waals surface area contributed by atoms with Gasteiger partial charge in [-0.2, -0.15) is 5.10 Å². The van der Waals surface area contributed by atoms with Crippen LogP contribution in [0.5, 0.6) is 5.75 Å². The molecule has 0 aliphatic carbocycles. The van der Waals surface area contributed by atoms with Gasteiger partial charge in [0.15, 0.2) is 5.69 Å². The van der Waals surface area contributed by atoms with E-state index in [9.17, 15) is 15.0 Å². The van der Waals surface area contributed by atoms with Gasteiger partial charge in [-0.1, -0.05) is 6.07 Å². The number of hydrogen-bond donors (Lipinski definition) is 2. The molecule has 0 saturated carbocycles. The van der Waals surface area contributed by atoms with Crippen LogP contribution in [0.25, 0.3) is 16.3 Å². The average Bonchev–Trinajstić information content (AvgIpc) is 3.07. The zero-order valence-corrected chi connectivity index (χ0v) is 12.0. The Hall–Kier alpha value is -2.60. The van der Waals surface area contributed by atoms with Gasteiger partial charge in [0.2, 0.25) is 0 Å². The number of aromatic hydroxyl groups is 1. The van der Waals surface area contributed by atoms with E-state index < -0.39 is 5.97 Å². The molecule has 6 heteroatoms. The lowest BCUT2D eigenvalue weighted by atomic mass is 10.2. The Kier molecular flexibility index (Phi) is 3.23. The van der Waals surface area contributed by atoms with Crippen LogP contribution in [-0.2, 0) is 0 Å². The highest BCUT2D eigenvalue weighted by atomic mass is 32.1. The molecule has 0 atom stereocenters. The third kappa shape index (κ3) is 2.41.